The fourth-order valence-corrected chi connectivity index (χ4v) is 3.27. The number of hydrogen-bond donors (Lipinski definition) is 1. The molecule has 1 amide bonds. The molecule has 0 aliphatic carbocycles. The van der Waals surface area contributed by atoms with Crippen LogP contribution < -0.4 is 5.32 Å². The van der Waals surface area contributed by atoms with Crippen LogP contribution in [0.5, 0.6) is 0 Å². The van der Waals surface area contributed by atoms with Crippen LogP contribution >= 0.6 is 23.2 Å². The van der Waals surface area contributed by atoms with Crippen LogP contribution in [-0.2, 0) is 4.79 Å². The minimum atomic E-state index is -0.179. The van der Waals surface area contributed by atoms with Crippen molar-refractivity contribution in [1.29, 1.82) is 0 Å². The van der Waals surface area contributed by atoms with E-state index < -0.39 is 0 Å². The summed E-state index contributed by atoms with van der Waals surface area (Å²) in [6.45, 7) is 8.17. The molecular formula is C17H25Cl2N3O. The number of benzene rings is 1. The molecule has 1 saturated heterocycles. The van der Waals surface area contributed by atoms with Gasteiger partial charge in [0.2, 0.25) is 5.91 Å². The molecule has 0 saturated carbocycles. The highest BCUT2D eigenvalue weighted by atomic mass is 35.5. The first-order valence-electron chi connectivity index (χ1n) is 8.09. The van der Waals surface area contributed by atoms with E-state index in [4.69, 9.17) is 23.2 Å². The highest BCUT2D eigenvalue weighted by molar-refractivity contribution is 6.35. The lowest BCUT2D eigenvalue weighted by Gasteiger charge is -2.24. The summed E-state index contributed by atoms with van der Waals surface area (Å²) in [5.74, 6) is 0.587. The molecule has 1 fully saturated rings. The van der Waals surface area contributed by atoms with Crippen molar-refractivity contribution in [3.63, 3.8) is 0 Å². The van der Waals surface area contributed by atoms with Gasteiger partial charge in [-0.05, 0) is 57.6 Å². The van der Waals surface area contributed by atoms with Gasteiger partial charge in [-0.25, -0.2) is 0 Å². The van der Waals surface area contributed by atoms with E-state index in [1.54, 1.807) is 18.2 Å². The van der Waals surface area contributed by atoms with Crippen molar-refractivity contribution in [3.8, 4) is 0 Å². The van der Waals surface area contributed by atoms with Gasteiger partial charge in [0.15, 0.2) is 0 Å². The first kappa shape index (κ1) is 18.5. The van der Waals surface area contributed by atoms with Gasteiger partial charge in [-0.2, -0.15) is 0 Å². The molecule has 2 rings (SSSR count). The van der Waals surface area contributed by atoms with E-state index in [0.29, 0.717) is 21.7 Å². The van der Waals surface area contributed by atoms with Gasteiger partial charge in [0.1, 0.15) is 0 Å². The maximum atomic E-state index is 12.5. The molecule has 1 aliphatic heterocycles. The molecule has 2 atom stereocenters. The maximum absolute atomic E-state index is 12.5. The van der Waals surface area contributed by atoms with Crippen LogP contribution in [-0.4, -0.2) is 55.0 Å². The molecule has 6 heteroatoms. The lowest BCUT2D eigenvalue weighted by molar-refractivity contribution is -0.120. The number of hydrogen-bond acceptors (Lipinski definition) is 3. The first-order chi connectivity index (χ1) is 10.9. The molecule has 0 aromatic heterocycles. The molecule has 1 heterocycles. The molecule has 1 N–H and O–H groups in total. The summed E-state index contributed by atoms with van der Waals surface area (Å²) in [5, 5.41) is 3.94. The summed E-state index contributed by atoms with van der Waals surface area (Å²) in [6, 6.07) is 4.90. The van der Waals surface area contributed by atoms with E-state index in [1.807, 2.05) is 6.92 Å². The predicted molar refractivity (Wildman–Crippen MR) is 97.4 cm³/mol. The van der Waals surface area contributed by atoms with Crippen molar-refractivity contribution < 1.29 is 4.79 Å². The summed E-state index contributed by atoms with van der Waals surface area (Å²) in [5.41, 5.74) is 0.567. The van der Waals surface area contributed by atoms with Gasteiger partial charge in [0.05, 0.1) is 16.8 Å². The van der Waals surface area contributed by atoms with Gasteiger partial charge in [-0.3, -0.25) is 9.69 Å². The SMILES string of the molecule is CCN(C)C[C@H]1CCN([C@H](C)C(=O)Nc2cc(Cl)ccc2Cl)C1. The molecule has 0 bridgehead atoms. The number of nitrogens with zero attached hydrogens (tertiary/aromatic N) is 2. The maximum Gasteiger partial charge on any atom is 0.241 e. The predicted octanol–water partition coefficient (Wildman–Crippen LogP) is 3.59. The number of carbonyl (C=O) groups is 1. The molecule has 1 aliphatic rings. The second-order valence-corrected chi connectivity index (χ2v) is 7.14. The number of likely N-dealkylation sites (tertiary alicyclic amines) is 1. The Morgan fingerprint density at radius 3 is 2.91 bits per heavy atom. The average molecular weight is 358 g/mol. The lowest BCUT2D eigenvalue weighted by Crippen LogP contribution is -2.41. The van der Waals surface area contributed by atoms with Crippen molar-refractivity contribution in [2.45, 2.75) is 26.3 Å². The van der Waals surface area contributed by atoms with E-state index >= 15 is 0 Å². The van der Waals surface area contributed by atoms with Crippen molar-refractivity contribution >= 4 is 34.8 Å². The summed E-state index contributed by atoms with van der Waals surface area (Å²) >= 11 is 12.1. The summed E-state index contributed by atoms with van der Waals surface area (Å²) in [7, 11) is 2.14. The summed E-state index contributed by atoms with van der Waals surface area (Å²) < 4.78 is 0. The highest BCUT2D eigenvalue weighted by Crippen LogP contribution is 2.26. The minimum absolute atomic E-state index is 0.0429. The van der Waals surface area contributed by atoms with Gasteiger partial charge in [0, 0.05) is 18.1 Å². The molecular weight excluding hydrogens is 333 g/mol. The van der Waals surface area contributed by atoms with Crippen molar-refractivity contribution in [2.75, 3.05) is 38.5 Å². The van der Waals surface area contributed by atoms with E-state index in [2.05, 4.69) is 29.1 Å². The van der Waals surface area contributed by atoms with Gasteiger partial charge < -0.3 is 10.2 Å². The lowest BCUT2D eigenvalue weighted by atomic mass is 10.1. The molecule has 128 valence electrons. The zero-order chi connectivity index (χ0) is 17.0. The minimum Gasteiger partial charge on any atom is -0.323 e. The van der Waals surface area contributed by atoms with Gasteiger partial charge in [0.25, 0.3) is 0 Å². The number of rotatable bonds is 6. The quantitative estimate of drug-likeness (QED) is 0.844. The van der Waals surface area contributed by atoms with Crippen LogP contribution in [0.25, 0.3) is 0 Å². The molecule has 1 aromatic rings. The molecule has 0 radical (unpaired) electrons. The molecule has 0 unspecified atom stereocenters. The third-order valence-electron chi connectivity index (χ3n) is 4.54. The molecule has 1 aromatic carbocycles. The standard InChI is InChI=1S/C17H25Cl2N3O/c1-4-21(3)10-13-7-8-22(11-13)12(2)17(23)20-16-9-14(18)5-6-15(16)19/h5-6,9,12-13H,4,7-8,10-11H2,1-3H3,(H,20,23)/t12-,13-/m1/s1. The Bertz CT molecular complexity index is 553. The Morgan fingerprint density at radius 2 is 2.22 bits per heavy atom. The molecule has 4 nitrogen and oxygen atoms in total. The van der Waals surface area contributed by atoms with Crippen LogP contribution in [0.15, 0.2) is 18.2 Å². The topological polar surface area (TPSA) is 35.6 Å². The van der Waals surface area contributed by atoms with Crippen LogP contribution in [0, 0.1) is 5.92 Å². The Balaban J connectivity index is 1.91. The van der Waals surface area contributed by atoms with Crippen molar-refractivity contribution in [3.05, 3.63) is 28.2 Å². The van der Waals surface area contributed by atoms with Gasteiger partial charge in [-0.1, -0.05) is 30.1 Å². The smallest absolute Gasteiger partial charge is 0.241 e. The summed E-state index contributed by atoms with van der Waals surface area (Å²) in [4.78, 5) is 17.0. The van der Waals surface area contributed by atoms with Crippen molar-refractivity contribution in [1.82, 2.24) is 9.80 Å². The fraction of sp³-hybridized carbons (Fsp3) is 0.588. The van der Waals surface area contributed by atoms with Crippen LogP contribution in [0.1, 0.15) is 20.3 Å². The largest absolute Gasteiger partial charge is 0.323 e. The Hall–Kier alpha value is -0.810. The van der Waals surface area contributed by atoms with Gasteiger partial charge in [-0.15, -0.1) is 0 Å². The van der Waals surface area contributed by atoms with Crippen LogP contribution in [0.2, 0.25) is 10.0 Å². The third kappa shape index (κ3) is 5.08. The number of amides is 1. The van der Waals surface area contributed by atoms with Crippen LogP contribution in [0.3, 0.4) is 0 Å². The number of nitrogens with one attached hydrogen (secondary N) is 1. The second-order valence-electron chi connectivity index (χ2n) is 6.29. The zero-order valence-electron chi connectivity index (χ0n) is 14.0. The average Bonchev–Trinajstić information content (AvgIpc) is 2.98. The van der Waals surface area contributed by atoms with E-state index in [9.17, 15) is 4.79 Å². The fourth-order valence-electron chi connectivity index (χ4n) is 2.93. The zero-order valence-corrected chi connectivity index (χ0v) is 15.5. The highest BCUT2D eigenvalue weighted by Gasteiger charge is 2.30. The normalized spacial score (nSPS) is 20.0. The Kier molecular flexibility index (Phi) is 6.72. The Labute approximate surface area is 148 Å². The monoisotopic (exact) mass is 357 g/mol. The van der Waals surface area contributed by atoms with Crippen molar-refractivity contribution in [2.24, 2.45) is 5.92 Å². The molecule has 23 heavy (non-hydrogen) atoms. The van der Waals surface area contributed by atoms with E-state index in [1.165, 1.54) is 0 Å². The number of halogens is 2. The van der Waals surface area contributed by atoms with E-state index in [-0.39, 0.29) is 11.9 Å². The molecule has 0 spiro atoms. The number of anilines is 1. The second kappa shape index (κ2) is 8.34. The first-order valence-corrected chi connectivity index (χ1v) is 8.84. The van der Waals surface area contributed by atoms with Gasteiger partial charge >= 0.3 is 0 Å². The Morgan fingerprint density at radius 1 is 1.48 bits per heavy atom. The van der Waals surface area contributed by atoms with Crippen LogP contribution in [0.4, 0.5) is 5.69 Å². The van der Waals surface area contributed by atoms with E-state index in [0.717, 1.165) is 32.6 Å². The third-order valence-corrected chi connectivity index (χ3v) is 5.11. The summed E-state index contributed by atoms with van der Waals surface area (Å²) in [6.07, 6.45) is 1.14. The number of carbonyl (C=O) groups excluding carboxylic acids is 1.